The van der Waals surface area contributed by atoms with Crippen LogP contribution in [-0.4, -0.2) is 48.8 Å². The molecule has 1 aliphatic heterocycles. The maximum absolute atomic E-state index is 12.6. The lowest BCUT2D eigenvalue weighted by Gasteiger charge is -2.33. The molecule has 1 N–H and O–H groups in total. The van der Waals surface area contributed by atoms with Crippen LogP contribution >= 0.6 is 0 Å². The van der Waals surface area contributed by atoms with Crippen molar-refractivity contribution in [3.05, 3.63) is 24.3 Å². The molecule has 1 saturated heterocycles. The number of nitrogens with one attached hydrogen (secondary N) is 1. The summed E-state index contributed by atoms with van der Waals surface area (Å²) < 4.78 is 7.40. The number of carbonyl (C=O) groups is 1. The number of hydrogen-bond donors (Lipinski definition) is 1. The highest BCUT2D eigenvalue weighted by atomic mass is 16.5. The highest BCUT2D eigenvalue weighted by Gasteiger charge is 2.28. The van der Waals surface area contributed by atoms with E-state index in [9.17, 15) is 4.79 Å². The summed E-state index contributed by atoms with van der Waals surface area (Å²) in [5.41, 5.74) is 2.22. The molecular formula is C22H34N4O2. The van der Waals surface area contributed by atoms with Gasteiger partial charge in [0.15, 0.2) is 0 Å². The molecule has 0 aliphatic carbocycles. The first-order valence-corrected chi connectivity index (χ1v) is 10.6. The van der Waals surface area contributed by atoms with Crippen LogP contribution in [0, 0.1) is 11.8 Å². The number of methoxy groups -OCH3 is 1. The van der Waals surface area contributed by atoms with Crippen LogP contribution in [-0.2, 0) is 16.1 Å². The van der Waals surface area contributed by atoms with Gasteiger partial charge in [0.1, 0.15) is 0 Å². The third-order valence-corrected chi connectivity index (χ3v) is 5.46. The largest absolute Gasteiger partial charge is 0.385 e. The van der Waals surface area contributed by atoms with E-state index in [1.807, 2.05) is 6.07 Å². The van der Waals surface area contributed by atoms with Crippen LogP contribution in [0.2, 0.25) is 0 Å². The second-order valence-electron chi connectivity index (χ2n) is 8.16. The fourth-order valence-corrected chi connectivity index (χ4v) is 3.86. The van der Waals surface area contributed by atoms with E-state index in [2.05, 4.69) is 46.8 Å². The van der Waals surface area contributed by atoms with Crippen LogP contribution in [0.3, 0.4) is 0 Å². The number of para-hydroxylation sites is 2. The molecule has 0 radical (unpaired) electrons. The number of piperidine rings is 1. The van der Waals surface area contributed by atoms with Crippen LogP contribution in [0.4, 0.5) is 5.95 Å². The molecule has 1 aromatic carbocycles. The summed E-state index contributed by atoms with van der Waals surface area (Å²) >= 11 is 0. The topological polar surface area (TPSA) is 59.4 Å². The number of hydrogen-bond acceptors (Lipinski definition) is 4. The van der Waals surface area contributed by atoms with Gasteiger partial charge >= 0.3 is 0 Å². The predicted octanol–water partition coefficient (Wildman–Crippen LogP) is 3.45. The molecule has 0 bridgehead atoms. The zero-order chi connectivity index (χ0) is 19.9. The average Bonchev–Trinajstić information content (AvgIpc) is 3.08. The highest BCUT2D eigenvalue weighted by molar-refractivity contribution is 5.81. The van der Waals surface area contributed by atoms with Crippen molar-refractivity contribution >= 4 is 22.9 Å². The standard InChI is InChI=1S/C22H34N4O2/c1-17(2)11-14-26-20-10-5-4-9-19(20)24-22(26)25-13-6-8-18(16-25)21(27)23-12-7-15-28-3/h4-5,9-10,17-18H,6-8,11-16H2,1-3H3,(H,23,27)/t18-/m1/s1. The van der Waals surface area contributed by atoms with Gasteiger partial charge in [0.25, 0.3) is 0 Å². The molecule has 1 atom stereocenters. The van der Waals surface area contributed by atoms with Gasteiger partial charge in [-0.2, -0.15) is 0 Å². The first-order valence-electron chi connectivity index (χ1n) is 10.6. The van der Waals surface area contributed by atoms with Crippen molar-refractivity contribution in [2.45, 2.75) is 46.1 Å². The summed E-state index contributed by atoms with van der Waals surface area (Å²) in [5, 5.41) is 3.07. The number of nitrogens with zero attached hydrogens (tertiary/aromatic N) is 3. The van der Waals surface area contributed by atoms with E-state index in [0.29, 0.717) is 19.1 Å². The van der Waals surface area contributed by atoms with Crippen LogP contribution in [0.1, 0.15) is 39.5 Å². The maximum atomic E-state index is 12.6. The lowest BCUT2D eigenvalue weighted by Crippen LogP contribution is -2.44. The number of carbonyl (C=O) groups excluding carboxylic acids is 1. The molecule has 6 heteroatoms. The van der Waals surface area contributed by atoms with E-state index in [1.54, 1.807) is 7.11 Å². The molecule has 28 heavy (non-hydrogen) atoms. The normalized spacial score (nSPS) is 17.4. The van der Waals surface area contributed by atoms with Crippen LogP contribution in [0.25, 0.3) is 11.0 Å². The molecule has 0 unspecified atom stereocenters. The van der Waals surface area contributed by atoms with Gasteiger partial charge in [0.05, 0.1) is 17.0 Å². The molecule has 3 rings (SSSR count). The first-order chi connectivity index (χ1) is 13.6. The van der Waals surface area contributed by atoms with Gasteiger partial charge in [-0.25, -0.2) is 4.98 Å². The van der Waals surface area contributed by atoms with Gasteiger partial charge in [-0.05, 0) is 43.7 Å². The van der Waals surface area contributed by atoms with Crippen molar-refractivity contribution in [3.8, 4) is 0 Å². The Balaban J connectivity index is 1.74. The van der Waals surface area contributed by atoms with Crippen LogP contribution in [0.15, 0.2) is 24.3 Å². The van der Waals surface area contributed by atoms with Gasteiger partial charge in [-0.15, -0.1) is 0 Å². The van der Waals surface area contributed by atoms with Crippen LogP contribution in [0.5, 0.6) is 0 Å². The molecular weight excluding hydrogens is 352 g/mol. The van der Waals surface area contributed by atoms with Gasteiger partial charge in [-0.3, -0.25) is 4.79 Å². The quantitative estimate of drug-likeness (QED) is 0.671. The minimum Gasteiger partial charge on any atom is -0.385 e. The summed E-state index contributed by atoms with van der Waals surface area (Å²) in [4.78, 5) is 19.8. The Labute approximate surface area is 168 Å². The van der Waals surface area contributed by atoms with Crippen molar-refractivity contribution < 1.29 is 9.53 Å². The zero-order valence-corrected chi connectivity index (χ0v) is 17.5. The number of ether oxygens (including phenoxy) is 1. The second-order valence-corrected chi connectivity index (χ2v) is 8.16. The maximum Gasteiger partial charge on any atom is 0.224 e. The number of imidazole rings is 1. The Hall–Kier alpha value is -2.08. The van der Waals surface area contributed by atoms with Crippen molar-refractivity contribution in [1.82, 2.24) is 14.9 Å². The average molecular weight is 387 g/mol. The fourth-order valence-electron chi connectivity index (χ4n) is 3.86. The third-order valence-electron chi connectivity index (χ3n) is 5.46. The molecule has 1 aromatic heterocycles. The lowest BCUT2D eigenvalue weighted by molar-refractivity contribution is -0.125. The first kappa shape index (κ1) is 20.6. The Morgan fingerprint density at radius 3 is 2.96 bits per heavy atom. The van der Waals surface area contributed by atoms with E-state index in [1.165, 1.54) is 5.52 Å². The Kier molecular flexibility index (Phi) is 7.31. The summed E-state index contributed by atoms with van der Waals surface area (Å²) in [6.45, 7) is 8.51. The van der Waals surface area contributed by atoms with E-state index in [0.717, 1.165) is 56.8 Å². The molecule has 2 aromatic rings. The smallest absolute Gasteiger partial charge is 0.224 e. The summed E-state index contributed by atoms with van der Waals surface area (Å²) in [6, 6.07) is 8.34. The van der Waals surface area contributed by atoms with Crippen LogP contribution < -0.4 is 10.2 Å². The molecule has 0 saturated carbocycles. The van der Waals surface area contributed by atoms with E-state index < -0.39 is 0 Å². The monoisotopic (exact) mass is 386 g/mol. The molecule has 1 aliphatic rings. The zero-order valence-electron chi connectivity index (χ0n) is 17.5. The van der Waals surface area contributed by atoms with Crippen molar-refractivity contribution in [2.75, 3.05) is 38.3 Å². The van der Waals surface area contributed by atoms with Crippen molar-refractivity contribution in [3.63, 3.8) is 0 Å². The van der Waals surface area contributed by atoms with E-state index in [4.69, 9.17) is 9.72 Å². The Morgan fingerprint density at radius 1 is 1.36 bits per heavy atom. The molecule has 2 heterocycles. The second kappa shape index (κ2) is 9.92. The van der Waals surface area contributed by atoms with Gasteiger partial charge in [0.2, 0.25) is 11.9 Å². The molecule has 1 amide bonds. The minimum absolute atomic E-state index is 0.0228. The van der Waals surface area contributed by atoms with E-state index >= 15 is 0 Å². The summed E-state index contributed by atoms with van der Waals surface area (Å²) in [7, 11) is 1.69. The fraction of sp³-hybridized carbons (Fsp3) is 0.636. The lowest BCUT2D eigenvalue weighted by atomic mass is 9.97. The molecule has 6 nitrogen and oxygen atoms in total. The number of aromatic nitrogens is 2. The highest BCUT2D eigenvalue weighted by Crippen LogP contribution is 2.28. The number of aryl methyl sites for hydroxylation is 1. The number of fused-ring (bicyclic) bond motifs is 1. The SMILES string of the molecule is COCCCNC(=O)[C@@H]1CCCN(c2nc3ccccc3n2CCC(C)C)C1. The Morgan fingerprint density at radius 2 is 2.18 bits per heavy atom. The molecule has 154 valence electrons. The third kappa shape index (κ3) is 5.04. The molecule has 0 spiro atoms. The number of benzene rings is 1. The number of anilines is 1. The summed E-state index contributed by atoms with van der Waals surface area (Å²) in [5.74, 6) is 1.83. The van der Waals surface area contributed by atoms with Crippen molar-refractivity contribution in [2.24, 2.45) is 11.8 Å². The predicted molar refractivity (Wildman–Crippen MR) is 114 cm³/mol. The number of rotatable bonds is 9. The Bertz CT molecular complexity index is 771. The van der Waals surface area contributed by atoms with Gasteiger partial charge in [0, 0.05) is 39.9 Å². The summed E-state index contributed by atoms with van der Waals surface area (Å²) in [6.07, 6.45) is 3.93. The van der Waals surface area contributed by atoms with Crippen molar-refractivity contribution in [1.29, 1.82) is 0 Å². The molecule has 1 fully saturated rings. The number of amides is 1. The minimum atomic E-state index is 0.0228. The van der Waals surface area contributed by atoms with Gasteiger partial charge < -0.3 is 19.5 Å². The van der Waals surface area contributed by atoms with E-state index in [-0.39, 0.29) is 11.8 Å². The van der Waals surface area contributed by atoms with Gasteiger partial charge in [-0.1, -0.05) is 26.0 Å².